The average molecular weight is 173 g/mol. The maximum Gasteiger partial charge on any atom is 0.232 e. The van der Waals surface area contributed by atoms with Gasteiger partial charge in [0.2, 0.25) is 11.8 Å². The van der Waals surface area contributed by atoms with Crippen molar-refractivity contribution in [3.63, 3.8) is 0 Å². The molecule has 0 aliphatic carbocycles. The molecule has 0 unspecified atom stereocenters. The number of likely N-dealkylation sites (N-methyl/N-ethyl adjacent to an activating group) is 1. The first-order valence-electron chi connectivity index (χ1n) is 2.46. The van der Waals surface area contributed by atoms with Crippen molar-refractivity contribution in [3.8, 4) is 0 Å². The molecule has 1 heterocycles. The molecule has 10 heavy (non-hydrogen) atoms. The van der Waals surface area contributed by atoms with Crippen molar-refractivity contribution in [3.05, 3.63) is 9.81 Å². The van der Waals surface area contributed by atoms with Crippen LogP contribution in [0.3, 0.4) is 0 Å². The lowest BCUT2D eigenvalue weighted by molar-refractivity contribution is -0.135. The largest absolute Gasteiger partial charge is 0.776 e. The van der Waals surface area contributed by atoms with Gasteiger partial charge in [0.05, 0.1) is 0 Å². The molecule has 3 nitrogen and oxygen atoms in total. The van der Waals surface area contributed by atoms with Crippen molar-refractivity contribution in [2.75, 3.05) is 7.05 Å². The third kappa shape index (κ3) is 0.783. The molecule has 0 aromatic rings. The second-order valence-corrected chi connectivity index (χ2v) is 2.64. The maximum absolute atomic E-state index is 10.8. The number of carbonyl (C=O) groups is 2. The number of imide groups is 1. The van der Waals surface area contributed by atoms with E-state index in [0.29, 0.717) is 0 Å². The molecule has 0 spiro atoms. The summed E-state index contributed by atoms with van der Waals surface area (Å²) in [6, 6.07) is 0. The predicted molar refractivity (Wildman–Crippen MR) is 39.5 cm³/mol. The van der Waals surface area contributed by atoms with Crippen molar-refractivity contribution >= 4 is 37.1 Å². The van der Waals surface area contributed by atoms with Crippen molar-refractivity contribution in [1.29, 1.82) is 0 Å². The lowest BCUT2D eigenvalue weighted by Gasteiger charge is -2.08. The molecule has 1 aliphatic heterocycles. The lowest BCUT2D eigenvalue weighted by Crippen LogP contribution is -2.26. The van der Waals surface area contributed by atoms with E-state index in [4.69, 9.17) is 0 Å². The molecule has 0 N–H and O–H groups in total. The third-order valence-corrected chi connectivity index (χ3v) is 2.09. The van der Waals surface area contributed by atoms with Gasteiger partial charge in [0.1, 0.15) is 0 Å². The molecule has 5 heteroatoms. The molecular formula is C5H3NO2S2-2. The van der Waals surface area contributed by atoms with E-state index in [2.05, 4.69) is 25.3 Å². The first-order chi connectivity index (χ1) is 4.55. The van der Waals surface area contributed by atoms with Crippen LogP contribution in [-0.2, 0) is 34.8 Å². The minimum Gasteiger partial charge on any atom is -0.776 e. The van der Waals surface area contributed by atoms with E-state index in [1.807, 2.05) is 0 Å². The van der Waals surface area contributed by atoms with Crippen molar-refractivity contribution in [1.82, 2.24) is 4.90 Å². The number of nitrogens with zero attached hydrogens (tertiary/aromatic N) is 1. The van der Waals surface area contributed by atoms with Gasteiger partial charge in [0.25, 0.3) is 0 Å². The molecule has 0 saturated carbocycles. The van der Waals surface area contributed by atoms with Crippen molar-refractivity contribution in [2.45, 2.75) is 0 Å². The Kier molecular flexibility index (Phi) is 1.61. The Morgan fingerprint density at radius 2 is 1.40 bits per heavy atom. The molecule has 1 rings (SSSR count). The summed E-state index contributed by atoms with van der Waals surface area (Å²) in [5.41, 5.74) is 0. The van der Waals surface area contributed by atoms with Gasteiger partial charge < -0.3 is 25.3 Å². The molecule has 2 amide bonds. The Hall–Kier alpha value is -0.680. The van der Waals surface area contributed by atoms with Gasteiger partial charge in [-0.25, -0.2) is 0 Å². The van der Waals surface area contributed by atoms with Gasteiger partial charge in [-0.1, -0.05) is 0 Å². The van der Waals surface area contributed by atoms with Crippen LogP contribution in [0.4, 0.5) is 0 Å². The van der Waals surface area contributed by atoms with Gasteiger partial charge in [0.15, 0.2) is 0 Å². The summed E-state index contributed by atoms with van der Waals surface area (Å²) in [4.78, 5) is 22.4. The molecule has 0 aromatic heterocycles. The van der Waals surface area contributed by atoms with E-state index >= 15 is 0 Å². The van der Waals surface area contributed by atoms with Crippen LogP contribution in [0, 0.1) is 0 Å². The van der Waals surface area contributed by atoms with Gasteiger partial charge in [-0.05, 0) is 0 Å². The number of amides is 2. The molecule has 0 radical (unpaired) electrons. The first-order valence-corrected chi connectivity index (χ1v) is 3.28. The third-order valence-electron chi connectivity index (χ3n) is 1.20. The quantitative estimate of drug-likeness (QED) is 0.358. The van der Waals surface area contributed by atoms with Crippen LogP contribution in [0.5, 0.6) is 0 Å². The standard InChI is InChI=1S/C5H5NO2S2/c1-6-4(7)2(9)3(10)5(6)8/h9-10H,1H3/p-2. The van der Waals surface area contributed by atoms with Crippen LogP contribution >= 0.6 is 0 Å². The minimum atomic E-state index is -0.468. The Morgan fingerprint density at radius 1 is 1.10 bits per heavy atom. The van der Waals surface area contributed by atoms with Gasteiger partial charge in [-0.15, -0.1) is 9.81 Å². The maximum atomic E-state index is 10.8. The van der Waals surface area contributed by atoms with E-state index in [1.165, 1.54) is 7.05 Å². The van der Waals surface area contributed by atoms with E-state index in [1.54, 1.807) is 0 Å². The van der Waals surface area contributed by atoms with Gasteiger partial charge in [0, 0.05) is 7.05 Å². The van der Waals surface area contributed by atoms with E-state index in [9.17, 15) is 9.59 Å². The summed E-state index contributed by atoms with van der Waals surface area (Å²) in [5.74, 6) is -0.935. The highest BCUT2D eigenvalue weighted by Gasteiger charge is 2.21. The topological polar surface area (TPSA) is 37.4 Å². The Bertz CT molecular complexity index is 222. The van der Waals surface area contributed by atoms with Gasteiger partial charge in [-0.2, -0.15) is 0 Å². The average Bonchev–Trinajstić information content (AvgIpc) is 2.07. The molecular weight excluding hydrogens is 170 g/mol. The lowest BCUT2D eigenvalue weighted by atomic mass is 10.5. The predicted octanol–water partition coefficient (Wildman–Crippen LogP) is -0.710. The van der Waals surface area contributed by atoms with Crippen LogP contribution in [-0.4, -0.2) is 23.8 Å². The minimum absolute atomic E-state index is 0.0394. The molecule has 0 atom stereocenters. The zero-order valence-corrected chi connectivity index (χ0v) is 6.71. The molecule has 0 bridgehead atoms. The fourth-order valence-electron chi connectivity index (χ4n) is 0.591. The number of carbonyl (C=O) groups excluding carboxylic acids is 2. The van der Waals surface area contributed by atoms with Crippen LogP contribution in [0.15, 0.2) is 9.81 Å². The highest BCUT2D eigenvalue weighted by Crippen LogP contribution is 2.15. The summed E-state index contributed by atoms with van der Waals surface area (Å²) >= 11 is 9.13. The van der Waals surface area contributed by atoms with Crippen LogP contribution in [0.25, 0.3) is 0 Å². The fourth-order valence-corrected chi connectivity index (χ4v) is 1.04. The summed E-state index contributed by atoms with van der Waals surface area (Å²) in [6.07, 6.45) is 0. The van der Waals surface area contributed by atoms with Crippen LogP contribution < -0.4 is 0 Å². The summed E-state index contributed by atoms with van der Waals surface area (Å²) in [5, 5.41) is 0. The highest BCUT2D eigenvalue weighted by atomic mass is 32.1. The molecule has 0 saturated heterocycles. The molecule has 0 fully saturated rings. The monoisotopic (exact) mass is 173 g/mol. The van der Waals surface area contributed by atoms with E-state index in [0.717, 1.165) is 4.90 Å². The van der Waals surface area contributed by atoms with Crippen LogP contribution in [0.2, 0.25) is 0 Å². The summed E-state index contributed by atoms with van der Waals surface area (Å²) < 4.78 is 0. The number of hydrogen-bond donors (Lipinski definition) is 0. The van der Waals surface area contributed by atoms with Gasteiger partial charge >= 0.3 is 0 Å². The Balaban J connectivity index is 3.11. The second kappa shape index (κ2) is 2.17. The zero-order chi connectivity index (χ0) is 7.89. The highest BCUT2D eigenvalue weighted by molar-refractivity contribution is 7.70. The first kappa shape index (κ1) is 7.43. The fraction of sp³-hybridized carbons (Fsp3) is 0.200. The van der Waals surface area contributed by atoms with Crippen molar-refractivity contribution < 1.29 is 9.59 Å². The van der Waals surface area contributed by atoms with E-state index < -0.39 is 11.8 Å². The molecule has 54 valence electrons. The second-order valence-electron chi connectivity index (χ2n) is 1.83. The zero-order valence-electron chi connectivity index (χ0n) is 5.08. The van der Waals surface area contributed by atoms with Crippen LogP contribution in [0.1, 0.15) is 0 Å². The SMILES string of the molecule is CN1C(=O)C([S-])=C([S-])C1=O. The molecule has 0 aromatic carbocycles. The smallest absolute Gasteiger partial charge is 0.232 e. The summed E-state index contributed by atoms with van der Waals surface area (Å²) in [6.45, 7) is 0. The Labute approximate surface area is 68.9 Å². The van der Waals surface area contributed by atoms with Gasteiger partial charge in [-0.3, -0.25) is 14.5 Å². The summed E-state index contributed by atoms with van der Waals surface area (Å²) in [7, 11) is 1.36. The number of rotatable bonds is 0. The normalized spacial score (nSPS) is 19.1. The molecule has 1 aliphatic rings. The van der Waals surface area contributed by atoms with Crippen molar-refractivity contribution in [2.24, 2.45) is 0 Å². The Morgan fingerprint density at radius 3 is 1.50 bits per heavy atom. The van der Waals surface area contributed by atoms with E-state index in [-0.39, 0.29) is 9.81 Å². The number of hydrogen-bond acceptors (Lipinski definition) is 4.